The van der Waals surface area contributed by atoms with Gasteiger partial charge in [0.2, 0.25) is 0 Å². The third kappa shape index (κ3) is 2.86. The van der Waals surface area contributed by atoms with Crippen molar-refractivity contribution in [3.05, 3.63) is 53.6 Å². The van der Waals surface area contributed by atoms with Crippen LogP contribution in [0, 0.1) is 17.3 Å². The number of phenols is 2. The first kappa shape index (κ1) is 16.3. The van der Waals surface area contributed by atoms with E-state index in [1.807, 2.05) is 24.3 Å². The van der Waals surface area contributed by atoms with Gasteiger partial charge in [-0.1, -0.05) is 32.9 Å². The molecule has 2 aliphatic rings. The summed E-state index contributed by atoms with van der Waals surface area (Å²) in [5.41, 5.74) is 2.52. The van der Waals surface area contributed by atoms with Crippen molar-refractivity contribution in [1.29, 1.82) is 0 Å². The monoisotopic (exact) mass is 338 g/mol. The molecule has 1 fully saturated rings. The van der Waals surface area contributed by atoms with Gasteiger partial charge in [0.25, 0.3) is 0 Å². The molecule has 132 valence electrons. The number of benzene rings is 2. The molecular weight excluding hydrogens is 312 g/mol. The zero-order chi connectivity index (χ0) is 17.8. The minimum absolute atomic E-state index is 0.00464. The molecule has 1 aliphatic heterocycles. The predicted molar refractivity (Wildman–Crippen MR) is 98.0 cm³/mol. The third-order valence-electron chi connectivity index (χ3n) is 6.09. The van der Waals surface area contributed by atoms with E-state index in [9.17, 15) is 10.2 Å². The van der Waals surface area contributed by atoms with Gasteiger partial charge >= 0.3 is 0 Å². The third-order valence-corrected chi connectivity index (χ3v) is 6.09. The molecule has 3 heteroatoms. The van der Waals surface area contributed by atoms with Gasteiger partial charge in [0.15, 0.2) is 0 Å². The van der Waals surface area contributed by atoms with Crippen LogP contribution in [0.4, 0.5) is 0 Å². The summed E-state index contributed by atoms with van der Waals surface area (Å²) in [5, 5.41) is 19.6. The van der Waals surface area contributed by atoms with E-state index >= 15 is 0 Å². The largest absolute Gasteiger partial charge is 0.508 e. The summed E-state index contributed by atoms with van der Waals surface area (Å²) in [6, 6.07) is 12.9. The Hall–Kier alpha value is -2.16. The zero-order valence-corrected chi connectivity index (χ0v) is 15.1. The minimum atomic E-state index is -0.00464. The Labute approximate surface area is 149 Å². The van der Waals surface area contributed by atoms with Crippen molar-refractivity contribution in [3.8, 4) is 17.2 Å². The summed E-state index contributed by atoms with van der Waals surface area (Å²) in [6.07, 6.45) is 2.24. The summed E-state index contributed by atoms with van der Waals surface area (Å²) in [5.74, 6) is 2.89. The van der Waals surface area contributed by atoms with Gasteiger partial charge in [0.05, 0.1) is 0 Å². The first-order valence-electron chi connectivity index (χ1n) is 9.11. The summed E-state index contributed by atoms with van der Waals surface area (Å²) < 4.78 is 6.40. The highest BCUT2D eigenvalue weighted by Gasteiger charge is 2.48. The minimum Gasteiger partial charge on any atom is -0.508 e. The molecule has 0 aromatic heterocycles. The van der Waals surface area contributed by atoms with Gasteiger partial charge in [0, 0.05) is 11.5 Å². The Balaban J connectivity index is 1.77. The quantitative estimate of drug-likeness (QED) is 0.733. The number of hydrogen-bond acceptors (Lipinski definition) is 3. The first-order valence-corrected chi connectivity index (χ1v) is 9.11. The van der Waals surface area contributed by atoms with Crippen molar-refractivity contribution in [3.63, 3.8) is 0 Å². The Kier molecular flexibility index (Phi) is 3.71. The smallest absolute Gasteiger partial charge is 0.127 e. The van der Waals surface area contributed by atoms with E-state index in [2.05, 4.69) is 20.8 Å². The standard InChI is InChI=1S/C22H26O3/c1-22(2,3)14-10-17-18-12-16(24)8-9-20(18)25-21(19(17)11-14)13-4-6-15(23)7-5-13/h4-9,12,14,17,19,21,23-24H,10-11H2,1-3H3/t14-,17-,19-,21-/m0/s1. The highest BCUT2D eigenvalue weighted by Crippen LogP contribution is 2.59. The van der Waals surface area contributed by atoms with Crippen LogP contribution in [-0.2, 0) is 0 Å². The molecule has 2 aromatic carbocycles. The maximum Gasteiger partial charge on any atom is 0.127 e. The molecule has 2 N–H and O–H groups in total. The van der Waals surface area contributed by atoms with Gasteiger partial charge in [0.1, 0.15) is 23.4 Å². The molecule has 1 heterocycles. The number of rotatable bonds is 1. The fourth-order valence-electron chi connectivity index (χ4n) is 4.61. The highest BCUT2D eigenvalue weighted by atomic mass is 16.5. The van der Waals surface area contributed by atoms with Crippen LogP contribution in [0.2, 0.25) is 0 Å². The average molecular weight is 338 g/mol. The normalized spacial score (nSPS) is 28.1. The molecular formula is C22H26O3. The second kappa shape index (κ2) is 5.69. The van der Waals surface area contributed by atoms with Crippen LogP contribution in [0.1, 0.15) is 56.8 Å². The van der Waals surface area contributed by atoms with Gasteiger partial charge in [-0.3, -0.25) is 0 Å². The number of fused-ring (bicyclic) bond motifs is 3. The molecule has 25 heavy (non-hydrogen) atoms. The van der Waals surface area contributed by atoms with Crippen molar-refractivity contribution >= 4 is 0 Å². The number of hydrogen-bond donors (Lipinski definition) is 2. The van der Waals surface area contributed by atoms with E-state index in [-0.39, 0.29) is 17.3 Å². The van der Waals surface area contributed by atoms with E-state index in [4.69, 9.17) is 4.74 Å². The number of aromatic hydroxyl groups is 2. The molecule has 0 unspecified atom stereocenters. The van der Waals surface area contributed by atoms with Gasteiger partial charge in [-0.25, -0.2) is 0 Å². The van der Waals surface area contributed by atoms with E-state index in [0.717, 1.165) is 29.7 Å². The van der Waals surface area contributed by atoms with Crippen molar-refractivity contribution < 1.29 is 14.9 Å². The Morgan fingerprint density at radius 2 is 1.60 bits per heavy atom. The second-order valence-electron chi connectivity index (χ2n) is 8.66. The van der Waals surface area contributed by atoms with Crippen molar-refractivity contribution in [2.75, 3.05) is 0 Å². The molecule has 0 saturated heterocycles. The highest BCUT2D eigenvalue weighted by molar-refractivity contribution is 5.46. The van der Waals surface area contributed by atoms with Gasteiger partial charge in [-0.05, 0) is 66.0 Å². The second-order valence-corrected chi connectivity index (χ2v) is 8.66. The fourth-order valence-corrected chi connectivity index (χ4v) is 4.61. The van der Waals surface area contributed by atoms with Gasteiger partial charge in [-0.2, -0.15) is 0 Å². The SMILES string of the molecule is CC(C)(C)[C@@H]1C[C@H]2[C@@H](C1)c1cc(O)ccc1O[C@H]2c1ccc(O)cc1. The van der Waals surface area contributed by atoms with E-state index < -0.39 is 0 Å². The zero-order valence-electron chi connectivity index (χ0n) is 15.1. The first-order chi connectivity index (χ1) is 11.8. The Bertz CT molecular complexity index is 773. The van der Waals surface area contributed by atoms with E-state index in [0.29, 0.717) is 23.5 Å². The van der Waals surface area contributed by atoms with Crippen LogP contribution in [0.15, 0.2) is 42.5 Å². The van der Waals surface area contributed by atoms with Crippen molar-refractivity contribution in [2.45, 2.75) is 45.6 Å². The molecule has 0 radical (unpaired) electrons. The Morgan fingerprint density at radius 1 is 0.920 bits per heavy atom. The molecule has 0 amide bonds. The van der Waals surface area contributed by atoms with Crippen LogP contribution in [-0.4, -0.2) is 10.2 Å². The van der Waals surface area contributed by atoms with Crippen molar-refractivity contribution in [1.82, 2.24) is 0 Å². The van der Waals surface area contributed by atoms with Crippen LogP contribution < -0.4 is 4.74 Å². The molecule has 3 nitrogen and oxygen atoms in total. The molecule has 1 saturated carbocycles. The molecule has 0 spiro atoms. The van der Waals surface area contributed by atoms with Crippen LogP contribution in [0.3, 0.4) is 0 Å². The lowest BCUT2D eigenvalue weighted by molar-refractivity contribution is 0.0994. The lowest BCUT2D eigenvalue weighted by Gasteiger charge is -2.36. The molecule has 4 atom stereocenters. The van der Waals surface area contributed by atoms with Crippen LogP contribution in [0.5, 0.6) is 17.2 Å². The summed E-state index contributed by atoms with van der Waals surface area (Å²) in [7, 11) is 0. The summed E-state index contributed by atoms with van der Waals surface area (Å²) in [4.78, 5) is 0. The van der Waals surface area contributed by atoms with Gasteiger partial charge < -0.3 is 14.9 Å². The van der Waals surface area contributed by atoms with Crippen LogP contribution in [0.25, 0.3) is 0 Å². The lowest BCUT2D eigenvalue weighted by Crippen LogP contribution is -2.26. The topological polar surface area (TPSA) is 49.7 Å². The maximum atomic E-state index is 9.96. The lowest BCUT2D eigenvalue weighted by atomic mass is 9.79. The van der Waals surface area contributed by atoms with Crippen molar-refractivity contribution in [2.24, 2.45) is 17.3 Å². The summed E-state index contributed by atoms with van der Waals surface area (Å²) in [6.45, 7) is 6.94. The van der Waals surface area contributed by atoms with Gasteiger partial charge in [-0.15, -0.1) is 0 Å². The van der Waals surface area contributed by atoms with E-state index in [1.165, 1.54) is 0 Å². The molecule has 2 aromatic rings. The fraction of sp³-hybridized carbons (Fsp3) is 0.455. The van der Waals surface area contributed by atoms with E-state index in [1.54, 1.807) is 18.2 Å². The number of phenolic OH excluding ortho intramolecular Hbond substituents is 2. The Morgan fingerprint density at radius 3 is 2.28 bits per heavy atom. The van der Waals surface area contributed by atoms with Crippen LogP contribution >= 0.6 is 0 Å². The summed E-state index contributed by atoms with van der Waals surface area (Å²) >= 11 is 0. The molecule has 4 rings (SSSR count). The maximum absolute atomic E-state index is 9.96. The predicted octanol–water partition coefficient (Wildman–Crippen LogP) is 5.39. The molecule has 1 aliphatic carbocycles. The average Bonchev–Trinajstić information content (AvgIpc) is 3.01. The number of ether oxygens (including phenoxy) is 1. The molecule has 0 bridgehead atoms.